The Morgan fingerprint density at radius 2 is 0.935 bits per heavy atom. The Hall–Kier alpha value is -7.42. The molecular formula is C60H47NO. The van der Waals surface area contributed by atoms with Gasteiger partial charge in [0.25, 0.3) is 0 Å². The molecule has 1 aromatic heterocycles. The van der Waals surface area contributed by atoms with Gasteiger partial charge in [0.15, 0.2) is 0 Å². The van der Waals surface area contributed by atoms with Gasteiger partial charge in [0, 0.05) is 39.3 Å². The molecule has 298 valence electrons. The molecule has 0 bridgehead atoms. The third kappa shape index (κ3) is 6.09. The Bertz CT molecular complexity index is 3350. The van der Waals surface area contributed by atoms with Gasteiger partial charge in [-0.25, -0.2) is 0 Å². The van der Waals surface area contributed by atoms with Gasteiger partial charge in [0.05, 0.1) is 0 Å². The van der Waals surface area contributed by atoms with Gasteiger partial charge in [-0.15, -0.1) is 0 Å². The Morgan fingerprint density at radius 3 is 1.76 bits per heavy atom. The number of rotatable bonds is 7. The molecule has 2 heteroatoms. The molecule has 0 spiro atoms. The summed E-state index contributed by atoms with van der Waals surface area (Å²) >= 11 is 0. The minimum absolute atomic E-state index is 0.243. The van der Waals surface area contributed by atoms with Gasteiger partial charge in [-0.2, -0.15) is 0 Å². The van der Waals surface area contributed by atoms with Crippen molar-refractivity contribution in [2.24, 2.45) is 0 Å². The van der Waals surface area contributed by atoms with E-state index in [9.17, 15) is 0 Å². The van der Waals surface area contributed by atoms with Crippen molar-refractivity contribution in [2.75, 3.05) is 4.90 Å². The number of fused-ring (bicyclic) bond motifs is 6. The van der Waals surface area contributed by atoms with Crippen molar-refractivity contribution in [1.29, 1.82) is 0 Å². The van der Waals surface area contributed by atoms with Gasteiger partial charge >= 0.3 is 0 Å². The summed E-state index contributed by atoms with van der Waals surface area (Å²) in [6.45, 7) is 11.5. The molecule has 1 heterocycles. The van der Waals surface area contributed by atoms with Gasteiger partial charge in [0.2, 0.25) is 0 Å². The average molecular weight is 798 g/mol. The molecular weight excluding hydrogens is 751 g/mol. The second-order valence-electron chi connectivity index (χ2n) is 17.4. The lowest BCUT2D eigenvalue weighted by Gasteiger charge is -2.28. The highest BCUT2D eigenvalue weighted by molar-refractivity contribution is 6.06. The molecule has 1 aliphatic carbocycles. The van der Waals surface area contributed by atoms with E-state index in [1.165, 1.54) is 83.5 Å². The number of anilines is 3. The van der Waals surface area contributed by atoms with Crippen LogP contribution in [0, 0.1) is 20.8 Å². The summed E-state index contributed by atoms with van der Waals surface area (Å²) in [7, 11) is 0. The van der Waals surface area contributed by atoms with Crippen LogP contribution in [0.4, 0.5) is 17.1 Å². The number of para-hydroxylation sites is 1. The highest BCUT2D eigenvalue weighted by Crippen LogP contribution is 2.52. The Labute approximate surface area is 364 Å². The van der Waals surface area contributed by atoms with Crippen molar-refractivity contribution in [3.05, 3.63) is 222 Å². The SMILES string of the molecule is Cc1ccccc1-c1cccc(-c2c(C)cccc2-c2ccc3c(c2)C(C)(C)c2cc(N(c4ccc(-c5ccccc5)cc4)c4ccc5c(c4)oc4ccccc45)ccc2-3)c1C. The molecule has 0 amide bonds. The lowest BCUT2D eigenvalue weighted by molar-refractivity contribution is 0.660. The first-order valence-corrected chi connectivity index (χ1v) is 21.7. The fourth-order valence-electron chi connectivity index (χ4n) is 10.1. The summed E-state index contributed by atoms with van der Waals surface area (Å²) in [6.07, 6.45) is 0. The lowest BCUT2D eigenvalue weighted by atomic mass is 9.80. The van der Waals surface area contributed by atoms with E-state index in [0.717, 1.165) is 39.0 Å². The van der Waals surface area contributed by atoms with Crippen molar-refractivity contribution in [2.45, 2.75) is 40.0 Å². The summed E-state index contributed by atoms with van der Waals surface area (Å²) in [6, 6.07) is 70.9. The molecule has 1 aliphatic rings. The lowest BCUT2D eigenvalue weighted by Crippen LogP contribution is -2.16. The summed E-state index contributed by atoms with van der Waals surface area (Å²) in [5, 5.41) is 2.25. The summed E-state index contributed by atoms with van der Waals surface area (Å²) in [5.41, 5.74) is 24.0. The van der Waals surface area contributed by atoms with E-state index in [2.05, 4.69) is 222 Å². The van der Waals surface area contributed by atoms with Gasteiger partial charge in [-0.3, -0.25) is 0 Å². The van der Waals surface area contributed by atoms with Crippen molar-refractivity contribution in [3.8, 4) is 55.6 Å². The van der Waals surface area contributed by atoms with Crippen LogP contribution in [0.15, 0.2) is 199 Å². The van der Waals surface area contributed by atoms with E-state index >= 15 is 0 Å². The molecule has 0 unspecified atom stereocenters. The Kier molecular flexibility index (Phi) is 8.87. The number of hydrogen-bond acceptors (Lipinski definition) is 2. The molecule has 62 heavy (non-hydrogen) atoms. The third-order valence-corrected chi connectivity index (χ3v) is 13.4. The number of furan rings is 1. The van der Waals surface area contributed by atoms with Crippen LogP contribution in [-0.2, 0) is 5.41 Å². The number of hydrogen-bond donors (Lipinski definition) is 0. The van der Waals surface area contributed by atoms with Gasteiger partial charge in [-0.1, -0.05) is 153 Å². The van der Waals surface area contributed by atoms with Gasteiger partial charge < -0.3 is 9.32 Å². The van der Waals surface area contributed by atoms with Crippen LogP contribution < -0.4 is 4.90 Å². The van der Waals surface area contributed by atoms with E-state index in [-0.39, 0.29) is 5.41 Å². The summed E-state index contributed by atoms with van der Waals surface area (Å²) < 4.78 is 6.44. The second-order valence-corrected chi connectivity index (χ2v) is 17.4. The first kappa shape index (κ1) is 37.6. The van der Waals surface area contributed by atoms with E-state index in [1.54, 1.807) is 0 Å². The maximum Gasteiger partial charge on any atom is 0.137 e. The minimum atomic E-state index is -0.243. The van der Waals surface area contributed by atoms with Crippen LogP contribution in [0.3, 0.4) is 0 Å². The van der Waals surface area contributed by atoms with Crippen LogP contribution in [0.1, 0.15) is 41.7 Å². The molecule has 9 aromatic carbocycles. The molecule has 0 saturated heterocycles. The molecule has 0 fully saturated rings. The van der Waals surface area contributed by atoms with Crippen LogP contribution in [0.2, 0.25) is 0 Å². The molecule has 0 radical (unpaired) electrons. The smallest absolute Gasteiger partial charge is 0.137 e. The zero-order chi connectivity index (χ0) is 42.1. The monoisotopic (exact) mass is 797 g/mol. The van der Waals surface area contributed by atoms with Gasteiger partial charge in [0.1, 0.15) is 11.2 Å². The summed E-state index contributed by atoms with van der Waals surface area (Å²) in [5.74, 6) is 0. The molecule has 0 saturated carbocycles. The average Bonchev–Trinajstić information content (AvgIpc) is 3.78. The Balaban J connectivity index is 1.01. The van der Waals surface area contributed by atoms with Crippen LogP contribution in [0.5, 0.6) is 0 Å². The highest BCUT2D eigenvalue weighted by atomic mass is 16.3. The number of benzene rings is 9. The standard InChI is InChI=1S/C60H47NO/c1-38-15-9-10-19-47(38)48-21-14-22-49(40(48)3)59-39(2)16-13-23-50(59)43-27-32-51-52-33-30-45(36-56(52)60(4,5)55(51)35-43)61(44-28-25-42(26-29-44)41-17-7-6-8-18-41)46-31-34-54-53-20-11-12-24-57(53)62-58(54)37-46/h6-37H,1-5H3. The van der Waals surface area contributed by atoms with Crippen LogP contribution in [0.25, 0.3) is 77.6 Å². The zero-order valence-corrected chi connectivity index (χ0v) is 35.8. The maximum absolute atomic E-state index is 6.44. The van der Waals surface area contributed by atoms with Crippen molar-refractivity contribution in [3.63, 3.8) is 0 Å². The minimum Gasteiger partial charge on any atom is -0.456 e. The fraction of sp³-hybridized carbons (Fsp3) is 0.100. The second kappa shape index (κ2) is 14.6. The fourth-order valence-corrected chi connectivity index (χ4v) is 10.1. The molecule has 0 atom stereocenters. The summed E-state index contributed by atoms with van der Waals surface area (Å²) in [4.78, 5) is 2.37. The first-order chi connectivity index (χ1) is 30.2. The maximum atomic E-state index is 6.44. The largest absolute Gasteiger partial charge is 0.456 e. The predicted octanol–water partition coefficient (Wildman–Crippen LogP) is 17.0. The normalized spacial score (nSPS) is 12.7. The predicted molar refractivity (Wildman–Crippen MR) is 262 cm³/mol. The van der Waals surface area contributed by atoms with Gasteiger partial charge in [-0.05, 0) is 153 Å². The van der Waals surface area contributed by atoms with Crippen LogP contribution >= 0.6 is 0 Å². The van der Waals surface area contributed by atoms with Crippen molar-refractivity contribution in [1.82, 2.24) is 0 Å². The van der Waals surface area contributed by atoms with Crippen molar-refractivity contribution >= 4 is 39.0 Å². The quantitative estimate of drug-likeness (QED) is 0.160. The van der Waals surface area contributed by atoms with Crippen LogP contribution in [-0.4, -0.2) is 0 Å². The molecule has 2 nitrogen and oxygen atoms in total. The van der Waals surface area contributed by atoms with E-state index in [4.69, 9.17) is 4.42 Å². The highest BCUT2D eigenvalue weighted by Gasteiger charge is 2.36. The Morgan fingerprint density at radius 1 is 0.371 bits per heavy atom. The van der Waals surface area contributed by atoms with Crippen molar-refractivity contribution < 1.29 is 4.42 Å². The first-order valence-electron chi connectivity index (χ1n) is 21.7. The molecule has 0 N–H and O–H groups in total. The number of aryl methyl sites for hydroxylation is 2. The molecule has 0 aliphatic heterocycles. The third-order valence-electron chi connectivity index (χ3n) is 13.4. The molecule has 10 aromatic rings. The zero-order valence-electron chi connectivity index (χ0n) is 35.8. The van der Waals surface area contributed by atoms with E-state index in [0.29, 0.717) is 0 Å². The molecule has 11 rings (SSSR count). The van der Waals surface area contributed by atoms with E-state index in [1.807, 2.05) is 12.1 Å². The van der Waals surface area contributed by atoms with E-state index < -0.39 is 0 Å². The number of nitrogens with zero attached hydrogens (tertiary/aromatic N) is 1. The topological polar surface area (TPSA) is 16.4 Å².